The molecule has 2 unspecified atom stereocenters. The van der Waals surface area contributed by atoms with Crippen LogP contribution in [-0.4, -0.2) is 27.9 Å². The second-order valence-corrected chi connectivity index (χ2v) is 7.56. The van der Waals surface area contributed by atoms with Gasteiger partial charge in [-0.1, -0.05) is 6.92 Å². The van der Waals surface area contributed by atoms with Gasteiger partial charge in [-0.25, -0.2) is 4.98 Å². The fourth-order valence-corrected chi connectivity index (χ4v) is 3.53. The van der Waals surface area contributed by atoms with Crippen LogP contribution in [0.2, 0.25) is 0 Å². The van der Waals surface area contributed by atoms with Crippen LogP contribution in [-0.2, 0) is 9.53 Å². The summed E-state index contributed by atoms with van der Waals surface area (Å²) in [6.45, 7) is 1.94. The van der Waals surface area contributed by atoms with Gasteiger partial charge in [0.15, 0.2) is 11.9 Å². The molecule has 1 aliphatic heterocycles. The van der Waals surface area contributed by atoms with Gasteiger partial charge in [-0.15, -0.1) is 0 Å². The van der Waals surface area contributed by atoms with E-state index in [9.17, 15) is 9.59 Å². The number of nitrogens with one attached hydrogen (secondary N) is 3. The van der Waals surface area contributed by atoms with E-state index in [1.54, 1.807) is 30.5 Å². The lowest BCUT2D eigenvalue weighted by atomic mass is 10.1. The maximum Gasteiger partial charge on any atom is 0.291 e. The summed E-state index contributed by atoms with van der Waals surface area (Å²) in [5.74, 6) is 0.469. The predicted molar refractivity (Wildman–Crippen MR) is 120 cm³/mol. The molecule has 2 aromatic heterocycles. The van der Waals surface area contributed by atoms with Crippen molar-refractivity contribution >= 4 is 34.2 Å². The van der Waals surface area contributed by atoms with Gasteiger partial charge in [0, 0.05) is 22.9 Å². The monoisotopic (exact) mass is 428 g/mol. The lowest BCUT2D eigenvalue weighted by molar-refractivity contribution is -0.124. The summed E-state index contributed by atoms with van der Waals surface area (Å²) in [5, 5.41) is 5.68. The molecule has 8 nitrogen and oxygen atoms in total. The van der Waals surface area contributed by atoms with Crippen molar-refractivity contribution in [2.45, 2.75) is 13.0 Å². The summed E-state index contributed by atoms with van der Waals surface area (Å²) >= 11 is 0. The molecule has 2 amide bonds. The minimum Gasteiger partial charge on any atom is -0.488 e. The van der Waals surface area contributed by atoms with Crippen molar-refractivity contribution in [3.63, 3.8) is 0 Å². The predicted octanol–water partition coefficient (Wildman–Crippen LogP) is 4.56. The van der Waals surface area contributed by atoms with Crippen molar-refractivity contribution in [1.29, 1.82) is 0 Å². The minimum atomic E-state index is -0.519. The van der Waals surface area contributed by atoms with E-state index in [4.69, 9.17) is 9.15 Å². The number of benzene rings is 2. The number of carbonyl (C=O) groups is 2. The molecule has 2 aromatic carbocycles. The van der Waals surface area contributed by atoms with Gasteiger partial charge < -0.3 is 24.8 Å². The topological polar surface area (TPSA) is 109 Å². The SMILES string of the molecule is CC1C=COC1C(=O)Nc1ccc2nc(-c3ccc(NC(=O)c4ccco4)cc3)[nH]c2c1. The van der Waals surface area contributed by atoms with Crippen LogP contribution >= 0.6 is 0 Å². The quantitative estimate of drug-likeness (QED) is 0.432. The van der Waals surface area contributed by atoms with Crippen LogP contribution in [0, 0.1) is 5.92 Å². The van der Waals surface area contributed by atoms with E-state index < -0.39 is 6.10 Å². The second kappa shape index (κ2) is 8.07. The highest BCUT2D eigenvalue weighted by atomic mass is 16.5. The van der Waals surface area contributed by atoms with E-state index in [1.807, 2.05) is 43.3 Å². The Labute approximate surface area is 183 Å². The number of rotatable bonds is 5. The molecule has 4 aromatic rings. The molecule has 0 saturated heterocycles. The maximum atomic E-state index is 12.4. The van der Waals surface area contributed by atoms with Gasteiger partial charge >= 0.3 is 0 Å². The third-order valence-corrected chi connectivity index (χ3v) is 5.25. The Hall–Kier alpha value is -4.33. The van der Waals surface area contributed by atoms with E-state index in [1.165, 1.54) is 6.26 Å². The first kappa shape index (κ1) is 19.6. The van der Waals surface area contributed by atoms with Crippen molar-refractivity contribution in [1.82, 2.24) is 9.97 Å². The molecule has 3 heterocycles. The number of aromatic amines is 1. The number of amides is 2. The summed E-state index contributed by atoms with van der Waals surface area (Å²) < 4.78 is 10.5. The largest absolute Gasteiger partial charge is 0.488 e. The Balaban J connectivity index is 1.30. The second-order valence-electron chi connectivity index (χ2n) is 7.56. The molecule has 0 radical (unpaired) electrons. The van der Waals surface area contributed by atoms with E-state index in [-0.39, 0.29) is 23.5 Å². The summed E-state index contributed by atoms with van der Waals surface area (Å²) in [6, 6.07) is 16.1. The number of aromatic nitrogens is 2. The lowest BCUT2D eigenvalue weighted by Gasteiger charge is -2.14. The Morgan fingerprint density at radius 2 is 1.84 bits per heavy atom. The first-order valence-electron chi connectivity index (χ1n) is 10.1. The third kappa shape index (κ3) is 3.85. The van der Waals surface area contributed by atoms with Crippen LogP contribution in [0.3, 0.4) is 0 Å². The summed E-state index contributed by atoms with van der Waals surface area (Å²) in [5.41, 5.74) is 3.75. The molecule has 160 valence electrons. The molecular formula is C24H20N4O4. The number of ether oxygens (including phenoxy) is 1. The highest BCUT2D eigenvalue weighted by molar-refractivity contribution is 6.02. The number of hydrogen-bond acceptors (Lipinski definition) is 5. The van der Waals surface area contributed by atoms with Crippen LogP contribution in [0.4, 0.5) is 11.4 Å². The number of furan rings is 1. The van der Waals surface area contributed by atoms with E-state index in [2.05, 4.69) is 20.6 Å². The smallest absolute Gasteiger partial charge is 0.291 e. The normalized spacial score (nSPS) is 17.3. The zero-order valence-corrected chi connectivity index (χ0v) is 17.2. The van der Waals surface area contributed by atoms with E-state index >= 15 is 0 Å². The van der Waals surface area contributed by atoms with Crippen LogP contribution in [0.5, 0.6) is 0 Å². The van der Waals surface area contributed by atoms with Crippen LogP contribution in [0.25, 0.3) is 22.4 Å². The first-order valence-corrected chi connectivity index (χ1v) is 10.1. The maximum absolute atomic E-state index is 12.4. The number of H-pyrrole nitrogens is 1. The average Bonchev–Trinajstić information content (AvgIpc) is 3.54. The van der Waals surface area contributed by atoms with Gasteiger partial charge in [-0.2, -0.15) is 0 Å². The van der Waals surface area contributed by atoms with Crippen molar-refractivity contribution in [3.05, 3.63) is 79.0 Å². The van der Waals surface area contributed by atoms with Gasteiger partial charge in [-0.05, 0) is 60.7 Å². The fourth-order valence-electron chi connectivity index (χ4n) is 3.53. The van der Waals surface area contributed by atoms with Gasteiger partial charge in [0.05, 0.1) is 23.6 Å². The lowest BCUT2D eigenvalue weighted by Crippen LogP contribution is -2.31. The number of imidazole rings is 1. The zero-order valence-electron chi connectivity index (χ0n) is 17.2. The molecule has 1 aliphatic rings. The van der Waals surface area contributed by atoms with Crippen LogP contribution in [0.1, 0.15) is 17.5 Å². The van der Waals surface area contributed by atoms with Gasteiger partial charge in [0.25, 0.3) is 11.8 Å². The number of nitrogens with zero attached hydrogens (tertiary/aromatic N) is 1. The molecule has 3 N–H and O–H groups in total. The molecular weight excluding hydrogens is 408 g/mol. The molecule has 2 atom stereocenters. The Kier molecular flexibility index (Phi) is 4.95. The van der Waals surface area contributed by atoms with E-state index in [0.717, 1.165) is 16.6 Å². The van der Waals surface area contributed by atoms with Gasteiger partial charge in [-0.3, -0.25) is 9.59 Å². The molecule has 0 bridgehead atoms. The summed E-state index contributed by atoms with van der Waals surface area (Å²) in [6.07, 6.45) is 4.36. The van der Waals surface area contributed by atoms with Gasteiger partial charge in [0.1, 0.15) is 5.82 Å². The highest BCUT2D eigenvalue weighted by Crippen LogP contribution is 2.25. The Bertz CT molecular complexity index is 1310. The van der Waals surface area contributed by atoms with Crippen molar-refractivity contribution in [2.75, 3.05) is 10.6 Å². The Morgan fingerprint density at radius 3 is 2.56 bits per heavy atom. The van der Waals surface area contributed by atoms with Crippen molar-refractivity contribution in [3.8, 4) is 11.4 Å². The standard InChI is InChI=1S/C24H20N4O4/c1-14-10-12-32-21(14)24(30)26-17-8-9-18-19(13-17)28-22(27-18)15-4-6-16(7-5-15)25-23(29)20-3-2-11-31-20/h2-14,21H,1H3,(H,25,29)(H,26,30)(H,27,28). The van der Waals surface area contributed by atoms with Crippen LogP contribution < -0.4 is 10.6 Å². The molecule has 0 saturated carbocycles. The number of fused-ring (bicyclic) bond motifs is 1. The third-order valence-electron chi connectivity index (χ3n) is 5.25. The zero-order chi connectivity index (χ0) is 22.1. The van der Waals surface area contributed by atoms with Crippen LogP contribution in [0.15, 0.2) is 77.6 Å². The Morgan fingerprint density at radius 1 is 1.03 bits per heavy atom. The molecule has 5 rings (SSSR count). The van der Waals surface area contributed by atoms with Gasteiger partial charge in [0.2, 0.25) is 0 Å². The molecule has 0 spiro atoms. The number of anilines is 2. The molecule has 32 heavy (non-hydrogen) atoms. The highest BCUT2D eigenvalue weighted by Gasteiger charge is 2.28. The number of hydrogen-bond donors (Lipinski definition) is 3. The van der Waals surface area contributed by atoms with E-state index in [0.29, 0.717) is 17.2 Å². The van der Waals surface area contributed by atoms with Crippen molar-refractivity contribution < 1.29 is 18.7 Å². The average molecular weight is 428 g/mol. The number of carbonyl (C=O) groups excluding carboxylic acids is 2. The minimum absolute atomic E-state index is 0.0318. The molecule has 0 fully saturated rings. The fraction of sp³-hybridized carbons (Fsp3) is 0.125. The summed E-state index contributed by atoms with van der Waals surface area (Å²) in [4.78, 5) is 32.4. The molecule has 8 heteroatoms. The summed E-state index contributed by atoms with van der Waals surface area (Å²) in [7, 11) is 0. The first-order chi connectivity index (χ1) is 15.6. The molecule has 0 aliphatic carbocycles. The van der Waals surface area contributed by atoms with Crippen molar-refractivity contribution in [2.24, 2.45) is 5.92 Å².